The monoisotopic (exact) mass is 271 g/mol. The third-order valence-corrected chi connectivity index (χ3v) is 2.71. The summed E-state index contributed by atoms with van der Waals surface area (Å²) in [7, 11) is 0. The molecular weight excluding hydrogens is 259 g/mol. The molecular formula is C12H12F3N3O. The molecule has 1 N–H and O–H groups in total. The van der Waals surface area contributed by atoms with Gasteiger partial charge in [0, 0.05) is 6.04 Å². The highest BCUT2D eigenvalue weighted by molar-refractivity contribution is 5.32. The molecule has 0 aliphatic heterocycles. The van der Waals surface area contributed by atoms with Crippen molar-refractivity contribution >= 4 is 0 Å². The first kappa shape index (κ1) is 13.5. The number of halogens is 3. The zero-order valence-electron chi connectivity index (χ0n) is 10.1. The van der Waals surface area contributed by atoms with Gasteiger partial charge in [0.15, 0.2) is 5.82 Å². The summed E-state index contributed by atoms with van der Waals surface area (Å²) in [5.74, 6) is 0.399. The normalized spacial score (nSPS) is 13.5. The van der Waals surface area contributed by atoms with E-state index in [-0.39, 0.29) is 12.1 Å². The summed E-state index contributed by atoms with van der Waals surface area (Å²) in [4.78, 5) is 3.79. The van der Waals surface area contributed by atoms with Crippen LogP contribution in [0.1, 0.15) is 29.9 Å². The van der Waals surface area contributed by atoms with Crippen molar-refractivity contribution in [2.24, 2.45) is 0 Å². The molecule has 0 aliphatic carbocycles. The second-order valence-electron chi connectivity index (χ2n) is 4.04. The molecule has 0 saturated heterocycles. The number of nitrogens with one attached hydrogen (secondary N) is 1. The molecule has 2 rings (SSSR count). The molecule has 1 aromatic heterocycles. The summed E-state index contributed by atoms with van der Waals surface area (Å²) in [6.45, 7) is 1.90. The van der Waals surface area contributed by atoms with E-state index in [2.05, 4.69) is 20.0 Å². The fourth-order valence-electron chi connectivity index (χ4n) is 1.76. The van der Waals surface area contributed by atoms with Crippen molar-refractivity contribution in [3.8, 4) is 0 Å². The molecule has 19 heavy (non-hydrogen) atoms. The van der Waals surface area contributed by atoms with Gasteiger partial charge in [0.1, 0.15) is 0 Å². The topological polar surface area (TPSA) is 51.0 Å². The fraction of sp³-hybridized carbons (Fsp3) is 0.333. The van der Waals surface area contributed by atoms with Crippen molar-refractivity contribution in [2.45, 2.75) is 25.7 Å². The first-order chi connectivity index (χ1) is 8.98. The van der Waals surface area contributed by atoms with Crippen molar-refractivity contribution in [3.05, 3.63) is 47.6 Å². The summed E-state index contributed by atoms with van der Waals surface area (Å²) in [6.07, 6.45) is -3.19. The van der Waals surface area contributed by atoms with Crippen molar-refractivity contribution in [2.75, 3.05) is 0 Å². The highest BCUT2D eigenvalue weighted by Crippen LogP contribution is 2.34. The summed E-state index contributed by atoms with van der Waals surface area (Å²) in [5.41, 5.74) is -0.443. The highest BCUT2D eigenvalue weighted by atomic mass is 19.4. The predicted molar refractivity (Wildman–Crippen MR) is 61.0 cm³/mol. The van der Waals surface area contributed by atoms with Gasteiger partial charge in [-0.05, 0) is 18.6 Å². The predicted octanol–water partition coefficient (Wildman–Crippen LogP) is 2.94. The molecule has 0 spiro atoms. The minimum absolute atomic E-state index is 0.193. The zero-order valence-corrected chi connectivity index (χ0v) is 10.1. The van der Waals surface area contributed by atoms with Crippen LogP contribution < -0.4 is 5.32 Å². The van der Waals surface area contributed by atoms with Crippen LogP contribution in [0.4, 0.5) is 13.2 Å². The van der Waals surface area contributed by atoms with E-state index in [1.54, 1.807) is 13.0 Å². The van der Waals surface area contributed by atoms with Gasteiger partial charge in [-0.1, -0.05) is 23.4 Å². The molecule has 0 radical (unpaired) electrons. The molecule has 0 aliphatic rings. The van der Waals surface area contributed by atoms with Crippen LogP contribution in [0.3, 0.4) is 0 Å². The van der Waals surface area contributed by atoms with Gasteiger partial charge in [-0.25, -0.2) is 0 Å². The van der Waals surface area contributed by atoms with Gasteiger partial charge in [0.25, 0.3) is 0 Å². The lowest BCUT2D eigenvalue weighted by Crippen LogP contribution is -2.22. The Morgan fingerprint density at radius 1 is 1.32 bits per heavy atom. The van der Waals surface area contributed by atoms with E-state index in [0.29, 0.717) is 5.82 Å². The summed E-state index contributed by atoms with van der Waals surface area (Å²) in [5, 5.41) is 6.51. The molecule has 0 fully saturated rings. The summed E-state index contributed by atoms with van der Waals surface area (Å²) in [6, 6.07) is 5.00. The van der Waals surface area contributed by atoms with Gasteiger partial charge < -0.3 is 9.84 Å². The van der Waals surface area contributed by atoms with Crippen LogP contribution in [-0.4, -0.2) is 10.1 Å². The number of nitrogens with zero attached hydrogens (tertiary/aromatic N) is 2. The number of hydrogen-bond donors (Lipinski definition) is 1. The Kier molecular flexibility index (Phi) is 3.84. The average Bonchev–Trinajstić information content (AvgIpc) is 2.88. The molecule has 1 unspecified atom stereocenters. The molecule has 1 atom stereocenters. The van der Waals surface area contributed by atoms with Crippen LogP contribution in [0.5, 0.6) is 0 Å². The highest BCUT2D eigenvalue weighted by Gasteiger charge is 2.34. The lowest BCUT2D eigenvalue weighted by atomic mass is 10.0. The zero-order chi connectivity index (χ0) is 13.9. The maximum atomic E-state index is 12.9. The van der Waals surface area contributed by atoms with Crippen molar-refractivity contribution < 1.29 is 17.7 Å². The standard InChI is InChI=1S/C12H12F3N3O/c1-8(16-6-11-17-7-19-18-11)9-4-2-3-5-10(9)12(13,14)15/h2-5,7-8,16H,6H2,1H3. The first-order valence-electron chi connectivity index (χ1n) is 5.63. The van der Waals surface area contributed by atoms with Crippen molar-refractivity contribution in [1.82, 2.24) is 15.5 Å². The van der Waals surface area contributed by atoms with E-state index in [0.717, 1.165) is 6.07 Å². The lowest BCUT2D eigenvalue weighted by molar-refractivity contribution is -0.138. The van der Waals surface area contributed by atoms with Gasteiger partial charge in [-0.3, -0.25) is 0 Å². The van der Waals surface area contributed by atoms with Crippen LogP contribution in [0, 0.1) is 0 Å². The number of hydrogen-bond acceptors (Lipinski definition) is 4. The van der Waals surface area contributed by atoms with E-state index in [4.69, 9.17) is 0 Å². The maximum Gasteiger partial charge on any atom is 0.416 e. The number of rotatable bonds is 4. The Morgan fingerprint density at radius 3 is 2.68 bits per heavy atom. The Morgan fingerprint density at radius 2 is 2.05 bits per heavy atom. The summed E-state index contributed by atoms with van der Waals surface area (Å²) < 4.78 is 43.1. The van der Waals surface area contributed by atoms with Crippen LogP contribution >= 0.6 is 0 Å². The molecule has 0 bridgehead atoms. The average molecular weight is 271 g/mol. The minimum atomic E-state index is -4.36. The molecule has 2 aromatic rings. The summed E-state index contributed by atoms with van der Waals surface area (Å²) >= 11 is 0. The smallest absolute Gasteiger partial charge is 0.343 e. The molecule has 102 valence electrons. The van der Waals surface area contributed by atoms with Gasteiger partial charge >= 0.3 is 6.18 Å². The molecule has 0 amide bonds. The maximum absolute atomic E-state index is 12.9. The van der Waals surface area contributed by atoms with E-state index >= 15 is 0 Å². The third kappa shape index (κ3) is 3.31. The third-order valence-electron chi connectivity index (χ3n) is 2.71. The van der Waals surface area contributed by atoms with Gasteiger partial charge in [-0.15, -0.1) is 0 Å². The number of aromatic nitrogens is 2. The second kappa shape index (κ2) is 5.40. The van der Waals surface area contributed by atoms with Crippen LogP contribution in [0.2, 0.25) is 0 Å². The Balaban J connectivity index is 2.12. The first-order valence-corrected chi connectivity index (χ1v) is 5.63. The Hall–Kier alpha value is -1.89. The number of alkyl halides is 3. The van der Waals surface area contributed by atoms with Gasteiger partial charge in [-0.2, -0.15) is 18.2 Å². The van der Waals surface area contributed by atoms with Gasteiger partial charge in [0.05, 0.1) is 12.1 Å². The van der Waals surface area contributed by atoms with E-state index in [1.807, 2.05) is 0 Å². The Labute approximate surface area is 107 Å². The molecule has 4 nitrogen and oxygen atoms in total. The SMILES string of the molecule is CC(NCc1ncon1)c1ccccc1C(F)(F)F. The van der Waals surface area contributed by atoms with Crippen molar-refractivity contribution in [1.29, 1.82) is 0 Å². The van der Waals surface area contributed by atoms with Crippen molar-refractivity contribution in [3.63, 3.8) is 0 Å². The van der Waals surface area contributed by atoms with Crippen LogP contribution in [0.25, 0.3) is 0 Å². The van der Waals surface area contributed by atoms with E-state index in [1.165, 1.54) is 18.5 Å². The minimum Gasteiger partial charge on any atom is -0.343 e. The lowest BCUT2D eigenvalue weighted by Gasteiger charge is -2.18. The molecule has 1 aromatic carbocycles. The number of benzene rings is 1. The quantitative estimate of drug-likeness (QED) is 0.928. The van der Waals surface area contributed by atoms with Crippen LogP contribution in [-0.2, 0) is 12.7 Å². The molecule has 0 saturated carbocycles. The second-order valence-corrected chi connectivity index (χ2v) is 4.04. The fourth-order valence-corrected chi connectivity index (χ4v) is 1.76. The molecule has 7 heteroatoms. The van der Waals surface area contributed by atoms with Crippen LogP contribution in [0.15, 0.2) is 35.2 Å². The van der Waals surface area contributed by atoms with E-state index < -0.39 is 17.8 Å². The Bertz CT molecular complexity index is 525. The van der Waals surface area contributed by atoms with Gasteiger partial charge in [0.2, 0.25) is 6.39 Å². The largest absolute Gasteiger partial charge is 0.416 e. The molecule has 1 heterocycles. The van der Waals surface area contributed by atoms with E-state index in [9.17, 15) is 13.2 Å².